The molecule has 0 saturated heterocycles. The monoisotopic (exact) mass is 317 g/mol. The number of rotatable bonds is 6. The second kappa shape index (κ2) is 7.69. The number of carbonyl (C=O) groups is 2. The first kappa shape index (κ1) is 16.2. The Labute approximate surface area is 132 Å². The van der Waals surface area contributed by atoms with Gasteiger partial charge in [0.1, 0.15) is 30.3 Å². The van der Waals surface area contributed by atoms with Gasteiger partial charge in [0.25, 0.3) is 0 Å². The molecule has 0 fully saturated rings. The number of nitrogens with one attached hydrogen (secondary N) is 1. The van der Waals surface area contributed by atoms with Crippen molar-refractivity contribution in [2.75, 3.05) is 18.5 Å². The van der Waals surface area contributed by atoms with Crippen LogP contribution < -0.4 is 10.1 Å². The average molecular weight is 317 g/mol. The Morgan fingerprint density at radius 3 is 2.43 bits per heavy atom. The van der Waals surface area contributed by atoms with E-state index < -0.39 is 23.4 Å². The van der Waals surface area contributed by atoms with Crippen LogP contribution in [0.1, 0.15) is 10.4 Å². The van der Waals surface area contributed by atoms with E-state index in [2.05, 4.69) is 5.32 Å². The number of para-hydroxylation sites is 1. The van der Waals surface area contributed by atoms with Gasteiger partial charge in [0.2, 0.25) is 0 Å². The molecule has 0 saturated carbocycles. The molecule has 0 aliphatic rings. The summed E-state index contributed by atoms with van der Waals surface area (Å²) in [5.41, 5.74) is -0.448. The van der Waals surface area contributed by atoms with Gasteiger partial charge in [0.05, 0.1) is 5.69 Å². The van der Waals surface area contributed by atoms with E-state index in [1.807, 2.05) is 18.2 Å². The zero-order valence-corrected chi connectivity index (χ0v) is 12.1. The minimum Gasteiger partial charge on any atom is -0.507 e. The first-order valence-electron chi connectivity index (χ1n) is 6.75. The predicted octanol–water partition coefficient (Wildman–Crippen LogP) is 2.72. The fourth-order valence-electron chi connectivity index (χ4n) is 1.83. The normalized spacial score (nSPS) is 9.91. The van der Waals surface area contributed by atoms with E-state index in [-0.39, 0.29) is 18.9 Å². The number of benzene rings is 2. The van der Waals surface area contributed by atoms with Crippen molar-refractivity contribution in [2.45, 2.75) is 0 Å². The van der Waals surface area contributed by atoms with Crippen molar-refractivity contribution in [3.05, 3.63) is 54.1 Å². The molecule has 120 valence electrons. The van der Waals surface area contributed by atoms with E-state index in [0.717, 1.165) is 0 Å². The van der Waals surface area contributed by atoms with Crippen LogP contribution in [0.2, 0.25) is 0 Å². The summed E-state index contributed by atoms with van der Waals surface area (Å²) >= 11 is 0. The van der Waals surface area contributed by atoms with Gasteiger partial charge in [0, 0.05) is 0 Å². The number of ether oxygens (including phenoxy) is 2. The van der Waals surface area contributed by atoms with Crippen LogP contribution in [0.25, 0.3) is 0 Å². The Morgan fingerprint density at radius 2 is 1.74 bits per heavy atom. The van der Waals surface area contributed by atoms with Crippen molar-refractivity contribution in [2.24, 2.45) is 0 Å². The first-order chi connectivity index (χ1) is 11.1. The van der Waals surface area contributed by atoms with E-state index in [1.54, 1.807) is 12.1 Å². The number of carboxylic acid groups (broad SMARTS) is 1. The summed E-state index contributed by atoms with van der Waals surface area (Å²) in [6.07, 6.45) is -0.838. The lowest BCUT2D eigenvalue weighted by Crippen LogP contribution is -2.19. The highest BCUT2D eigenvalue weighted by Gasteiger charge is 2.17. The maximum atomic E-state index is 11.6. The van der Waals surface area contributed by atoms with Crippen LogP contribution in [0.3, 0.4) is 0 Å². The number of phenols is 1. The number of anilines is 1. The molecule has 0 unspecified atom stereocenters. The molecule has 0 bridgehead atoms. The Morgan fingerprint density at radius 1 is 1.00 bits per heavy atom. The lowest BCUT2D eigenvalue weighted by atomic mass is 10.1. The number of hydrogen-bond acceptors (Lipinski definition) is 5. The van der Waals surface area contributed by atoms with Crippen molar-refractivity contribution in [3.8, 4) is 11.5 Å². The highest BCUT2D eigenvalue weighted by atomic mass is 16.6. The highest BCUT2D eigenvalue weighted by Crippen LogP contribution is 2.25. The topological polar surface area (TPSA) is 105 Å². The minimum atomic E-state index is -1.36. The van der Waals surface area contributed by atoms with E-state index in [0.29, 0.717) is 5.75 Å². The van der Waals surface area contributed by atoms with Crippen molar-refractivity contribution in [3.63, 3.8) is 0 Å². The first-order valence-corrected chi connectivity index (χ1v) is 6.75. The second-order valence-electron chi connectivity index (χ2n) is 4.43. The summed E-state index contributed by atoms with van der Waals surface area (Å²) in [5, 5.41) is 20.8. The maximum absolute atomic E-state index is 11.6. The third kappa shape index (κ3) is 4.63. The molecule has 2 rings (SSSR count). The van der Waals surface area contributed by atoms with Crippen LogP contribution in [-0.4, -0.2) is 35.5 Å². The van der Waals surface area contributed by atoms with E-state index >= 15 is 0 Å². The average Bonchev–Trinajstić information content (AvgIpc) is 2.52. The quantitative estimate of drug-likeness (QED) is 0.707. The molecule has 0 aliphatic carbocycles. The number of hydrogen-bond donors (Lipinski definition) is 3. The van der Waals surface area contributed by atoms with Gasteiger partial charge in [-0.2, -0.15) is 0 Å². The smallest absolute Gasteiger partial charge is 0.411 e. The summed E-state index contributed by atoms with van der Waals surface area (Å²) < 4.78 is 10.2. The summed E-state index contributed by atoms with van der Waals surface area (Å²) in [7, 11) is 0. The molecule has 2 aromatic carbocycles. The number of carbonyl (C=O) groups excluding carboxylic acids is 1. The van der Waals surface area contributed by atoms with Gasteiger partial charge in [0.15, 0.2) is 0 Å². The molecular formula is C16H15NO6. The van der Waals surface area contributed by atoms with Crippen molar-refractivity contribution in [1.82, 2.24) is 0 Å². The van der Waals surface area contributed by atoms with Gasteiger partial charge in [-0.15, -0.1) is 0 Å². The Kier molecular flexibility index (Phi) is 5.40. The van der Waals surface area contributed by atoms with Crippen molar-refractivity contribution < 1.29 is 29.3 Å². The summed E-state index contributed by atoms with van der Waals surface area (Å²) in [5.74, 6) is -1.15. The Bertz CT molecular complexity index is 686. The molecule has 1 amide bonds. The third-order valence-electron chi connectivity index (χ3n) is 2.82. The van der Waals surface area contributed by atoms with Gasteiger partial charge >= 0.3 is 12.1 Å². The molecule has 0 aliphatic heterocycles. The van der Waals surface area contributed by atoms with Crippen LogP contribution in [0, 0.1) is 0 Å². The van der Waals surface area contributed by atoms with Crippen LogP contribution >= 0.6 is 0 Å². The Balaban J connectivity index is 1.84. The molecule has 0 radical (unpaired) electrons. The zero-order chi connectivity index (χ0) is 16.7. The standard InChI is InChI=1S/C16H15NO6/c18-13-8-4-7-12(14(13)15(19)20)17-16(21)23-10-9-22-11-5-2-1-3-6-11/h1-8,18H,9-10H2,(H,17,21)(H,19,20). The SMILES string of the molecule is O=C(Nc1cccc(O)c1C(=O)O)OCCOc1ccccc1. The fraction of sp³-hybridized carbons (Fsp3) is 0.125. The van der Waals surface area contributed by atoms with Gasteiger partial charge in [-0.3, -0.25) is 5.32 Å². The second-order valence-corrected chi connectivity index (χ2v) is 4.43. The molecule has 0 atom stereocenters. The molecule has 3 N–H and O–H groups in total. The zero-order valence-electron chi connectivity index (χ0n) is 12.1. The van der Waals surface area contributed by atoms with Crippen LogP contribution in [0.4, 0.5) is 10.5 Å². The molecular weight excluding hydrogens is 302 g/mol. The lowest BCUT2D eigenvalue weighted by molar-refractivity contribution is 0.0695. The molecule has 0 aromatic heterocycles. The molecule has 2 aromatic rings. The van der Waals surface area contributed by atoms with Crippen molar-refractivity contribution >= 4 is 17.7 Å². The van der Waals surface area contributed by atoms with Crippen molar-refractivity contribution in [1.29, 1.82) is 0 Å². The lowest BCUT2D eigenvalue weighted by Gasteiger charge is -2.10. The molecule has 23 heavy (non-hydrogen) atoms. The third-order valence-corrected chi connectivity index (χ3v) is 2.82. The summed E-state index contributed by atoms with van der Waals surface area (Å²) in [6.45, 7) is 0.144. The van der Waals surface area contributed by atoms with Gasteiger partial charge < -0.3 is 19.7 Å². The van der Waals surface area contributed by atoms with E-state index in [4.69, 9.17) is 14.6 Å². The number of aromatic hydroxyl groups is 1. The fourth-order valence-corrected chi connectivity index (χ4v) is 1.83. The summed E-state index contributed by atoms with van der Waals surface area (Å²) in [6, 6.07) is 13.0. The number of carboxylic acids is 1. The number of aromatic carboxylic acids is 1. The van der Waals surface area contributed by atoms with E-state index in [9.17, 15) is 14.7 Å². The molecule has 7 heteroatoms. The van der Waals surface area contributed by atoms with Gasteiger partial charge in [-0.05, 0) is 24.3 Å². The van der Waals surface area contributed by atoms with Crippen LogP contribution in [0.15, 0.2) is 48.5 Å². The molecule has 0 spiro atoms. The summed E-state index contributed by atoms with van der Waals surface area (Å²) in [4.78, 5) is 22.7. The minimum absolute atomic E-state index is 0.0120. The van der Waals surface area contributed by atoms with Gasteiger partial charge in [-0.25, -0.2) is 9.59 Å². The van der Waals surface area contributed by atoms with Crippen LogP contribution in [-0.2, 0) is 4.74 Å². The van der Waals surface area contributed by atoms with Crippen LogP contribution in [0.5, 0.6) is 11.5 Å². The molecule has 0 heterocycles. The highest BCUT2D eigenvalue weighted by molar-refractivity contribution is 6.01. The predicted molar refractivity (Wildman–Crippen MR) is 82.0 cm³/mol. The van der Waals surface area contributed by atoms with E-state index in [1.165, 1.54) is 18.2 Å². The number of amides is 1. The van der Waals surface area contributed by atoms with Gasteiger partial charge in [-0.1, -0.05) is 24.3 Å². The molecule has 7 nitrogen and oxygen atoms in total. The largest absolute Gasteiger partial charge is 0.507 e. The maximum Gasteiger partial charge on any atom is 0.411 e. The Hall–Kier alpha value is -3.22.